The number of amides is 2. The molecule has 1 heterocycles. The summed E-state index contributed by atoms with van der Waals surface area (Å²) < 4.78 is 0. The number of non-ortho nitro benzene ring substituents is 1. The van der Waals surface area contributed by atoms with Crippen molar-refractivity contribution in [3.63, 3.8) is 0 Å². The van der Waals surface area contributed by atoms with E-state index in [2.05, 4.69) is 5.32 Å². The number of carbonyl (C=O) groups is 2. The van der Waals surface area contributed by atoms with Crippen LogP contribution >= 0.6 is 11.8 Å². The second-order valence-electron chi connectivity index (χ2n) is 5.26. The van der Waals surface area contributed by atoms with Crippen molar-refractivity contribution in [2.75, 3.05) is 12.3 Å². The van der Waals surface area contributed by atoms with Crippen LogP contribution in [0.3, 0.4) is 0 Å². The molecule has 1 fully saturated rings. The van der Waals surface area contributed by atoms with Crippen LogP contribution in [0, 0.1) is 10.1 Å². The molecule has 0 aliphatic carbocycles. The van der Waals surface area contributed by atoms with Gasteiger partial charge in [-0.25, -0.2) is 0 Å². The summed E-state index contributed by atoms with van der Waals surface area (Å²) in [6.45, 7) is 3.64. The molecule has 1 saturated heterocycles. The first-order valence-corrected chi connectivity index (χ1v) is 7.88. The van der Waals surface area contributed by atoms with Gasteiger partial charge in [0, 0.05) is 18.2 Å². The lowest BCUT2D eigenvalue weighted by molar-refractivity contribution is -0.384. The average molecular weight is 323 g/mol. The lowest BCUT2D eigenvalue weighted by atomic mass is 10.2. The SMILES string of the molecule is CC(C)NC(=O)CN1C(=O)CS[C@@H]1c1cccc([N+](=O)[O-])c1. The van der Waals surface area contributed by atoms with Gasteiger partial charge in [-0.05, 0) is 19.4 Å². The highest BCUT2D eigenvalue weighted by Gasteiger charge is 2.34. The fourth-order valence-corrected chi connectivity index (χ4v) is 3.39. The first-order valence-electron chi connectivity index (χ1n) is 6.83. The zero-order valence-corrected chi connectivity index (χ0v) is 13.1. The quantitative estimate of drug-likeness (QED) is 0.657. The number of nitro groups is 1. The van der Waals surface area contributed by atoms with Crippen molar-refractivity contribution in [3.05, 3.63) is 39.9 Å². The summed E-state index contributed by atoms with van der Waals surface area (Å²) in [5.41, 5.74) is 0.631. The van der Waals surface area contributed by atoms with Gasteiger partial charge < -0.3 is 10.2 Å². The van der Waals surface area contributed by atoms with Crippen LogP contribution in [0.4, 0.5) is 5.69 Å². The van der Waals surface area contributed by atoms with Crippen LogP contribution in [0.1, 0.15) is 24.8 Å². The molecule has 0 radical (unpaired) electrons. The van der Waals surface area contributed by atoms with E-state index in [0.717, 1.165) is 0 Å². The number of nitrogens with one attached hydrogen (secondary N) is 1. The molecule has 0 unspecified atom stereocenters. The Hall–Kier alpha value is -2.09. The van der Waals surface area contributed by atoms with Crippen molar-refractivity contribution in [3.8, 4) is 0 Å². The standard InChI is InChI=1S/C14H17N3O4S/c1-9(2)15-12(18)7-16-13(19)8-22-14(16)10-4-3-5-11(6-10)17(20)21/h3-6,9,14H,7-8H2,1-2H3,(H,15,18)/t14-/m1/s1. The van der Waals surface area contributed by atoms with Gasteiger partial charge in [0.1, 0.15) is 11.9 Å². The van der Waals surface area contributed by atoms with Crippen molar-refractivity contribution in [2.45, 2.75) is 25.3 Å². The van der Waals surface area contributed by atoms with Crippen molar-refractivity contribution in [2.24, 2.45) is 0 Å². The molecule has 0 bridgehead atoms. The van der Waals surface area contributed by atoms with Gasteiger partial charge in [0.2, 0.25) is 11.8 Å². The lowest BCUT2D eigenvalue weighted by Crippen LogP contribution is -2.41. The van der Waals surface area contributed by atoms with Gasteiger partial charge in [-0.3, -0.25) is 19.7 Å². The number of hydrogen-bond acceptors (Lipinski definition) is 5. The van der Waals surface area contributed by atoms with E-state index < -0.39 is 4.92 Å². The van der Waals surface area contributed by atoms with E-state index in [1.165, 1.54) is 28.8 Å². The highest BCUT2D eigenvalue weighted by Crippen LogP contribution is 2.39. The molecule has 1 atom stereocenters. The Kier molecular flexibility index (Phi) is 5.02. The fourth-order valence-electron chi connectivity index (χ4n) is 2.22. The normalized spacial score (nSPS) is 17.9. The van der Waals surface area contributed by atoms with Crippen molar-refractivity contribution in [1.29, 1.82) is 0 Å². The van der Waals surface area contributed by atoms with Crippen molar-refractivity contribution in [1.82, 2.24) is 10.2 Å². The number of benzene rings is 1. The third kappa shape index (κ3) is 3.76. The minimum atomic E-state index is -0.471. The highest BCUT2D eigenvalue weighted by molar-refractivity contribution is 8.00. The Morgan fingerprint density at radius 2 is 2.27 bits per heavy atom. The fraction of sp³-hybridized carbons (Fsp3) is 0.429. The number of hydrogen-bond donors (Lipinski definition) is 1. The number of nitro benzene ring substituents is 1. The predicted octanol–water partition coefficient (Wildman–Crippen LogP) is 1.69. The Morgan fingerprint density at radius 3 is 2.91 bits per heavy atom. The minimum Gasteiger partial charge on any atom is -0.352 e. The van der Waals surface area contributed by atoms with E-state index >= 15 is 0 Å². The summed E-state index contributed by atoms with van der Waals surface area (Å²) >= 11 is 1.37. The number of carbonyl (C=O) groups excluding carboxylic acids is 2. The molecule has 0 saturated carbocycles. The maximum Gasteiger partial charge on any atom is 0.269 e. The first kappa shape index (κ1) is 16.3. The van der Waals surface area contributed by atoms with E-state index in [9.17, 15) is 19.7 Å². The van der Waals surface area contributed by atoms with Crippen LogP contribution < -0.4 is 5.32 Å². The molecule has 1 N–H and O–H groups in total. The van der Waals surface area contributed by atoms with Crippen molar-refractivity contribution < 1.29 is 14.5 Å². The van der Waals surface area contributed by atoms with Gasteiger partial charge >= 0.3 is 0 Å². The average Bonchev–Trinajstić information content (AvgIpc) is 2.79. The monoisotopic (exact) mass is 323 g/mol. The third-order valence-electron chi connectivity index (χ3n) is 3.10. The molecule has 1 aliphatic heterocycles. The Balaban J connectivity index is 2.18. The molecular formula is C14H17N3O4S. The predicted molar refractivity (Wildman–Crippen MR) is 83.3 cm³/mol. The van der Waals surface area contributed by atoms with E-state index in [4.69, 9.17) is 0 Å². The summed E-state index contributed by atoms with van der Waals surface area (Å²) in [6, 6.07) is 6.17. The molecule has 2 rings (SSSR count). The second-order valence-corrected chi connectivity index (χ2v) is 6.33. The van der Waals surface area contributed by atoms with Gasteiger partial charge in [0.25, 0.3) is 5.69 Å². The van der Waals surface area contributed by atoms with Crippen LogP contribution in [0.15, 0.2) is 24.3 Å². The molecule has 22 heavy (non-hydrogen) atoms. The third-order valence-corrected chi connectivity index (χ3v) is 4.35. The second kappa shape index (κ2) is 6.78. The smallest absolute Gasteiger partial charge is 0.269 e. The zero-order chi connectivity index (χ0) is 16.3. The Morgan fingerprint density at radius 1 is 1.55 bits per heavy atom. The molecule has 0 aromatic heterocycles. The zero-order valence-electron chi connectivity index (χ0n) is 12.3. The summed E-state index contributed by atoms with van der Waals surface area (Å²) in [4.78, 5) is 35.7. The molecule has 118 valence electrons. The van der Waals surface area contributed by atoms with Crippen LogP contribution in [0.2, 0.25) is 0 Å². The first-order chi connectivity index (χ1) is 10.4. The summed E-state index contributed by atoms with van der Waals surface area (Å²) in [7, 11) is 0. The van der Waals surface area contributed by atoms with Gasteiger partial charge in [-0.1, -0.05) is 12.1 Å². The molecule has 7 nitrogen and oxygen atoms in total. The molecular weight excluding hydrogens is 306 g/mol. The molecule has 2 amide bonds. The van der Waals surface area contributed by atoms with Crippen LogP contribution in [0.25, 0.3) is 0 Å². The number of thioether (sulfide) groups is 1. The van der Waals surface area contributed by atoms with Crippen molar-refractivity contribution >= 4 is 29.3 Å². The minimum absolute atomic E-state index is 0.00544. The Bertz CT molecular complexity index is 606. The summed E-state index contributed by atoms with van der Waals surface area (Å²) in [5, 5.41) is 13.2. The van der Waals surface area contributed by atoms with Gasteiger partial charge in [-0.2, -0.15) is 0 Å². The van der Waals surface area contributed by atoms with E-state index in [1.54, 1.807) is 12.1 Å². The summed E-state index contributed by atoms with van der Waals surface area (Å²) in [6.07, 6.45) is 0. The summed E-state index contributed by atoms with van der Waals surface area (Å²) in [5.74, 6) is -0.107. The topological polar surface area (TPSA) is 92.6 Å². The molecule has 8 heteroatoms. The molecule has 1 aromatic carbocycles. The Labute approximate surface area is 132 Å². The number of rotatable bonds is 5. The maximum atomic E-state index is 12.0. The van der Waals surface area contributed by atoms with E-state index in [-0.39, 0.29) is 41.2 Å². The van der Waals surface area contributed by atoms with Crippen LogP contribution in [0.5, 0.6) is 0 Å². The van der Waals surface area contributed by atoms with Crippen LogP contribution in [-0.4, -0.2) is 40.0 Å². The largest absolute Gasteiger partial charge is 0.352 e. The number of nitrogens with zero attached hydrogens (tertiary/aromatic N) is 2. The van der Waals surface area contributed by atoms with Gasteiger partial charge in [0.15, 0.2) is 0 Å². The van der Waals surface area contributed by atoms with E-state index in [1.807, 2.05) is 13.8 Å². The van der Waals surface area contributed by atoms with E-state index in [0.29, 0.717) is 5.56 Å². The molecule has 1 aliphatic rings. The maximum absolute atomic E-state index is 12.0. The lowest BCUT2D eigenvalue weighted by Gasteiger charge is -2.24. The van der Waals surface area contributed by atoms with Gasteiger partial charge in [0.05, 0.1) is 10.7 Å². The van der Waals surface area contributed by atoms with Crippen LogP contribution in [-0.2, 0) is 9.59 Å². The van der Waals surface area contributed by atoms with Gasteiger partial charge in [-0.15, -0.1) is 11.8 Å². The highest BCUT2D eigenvalue weighted by atomic mass is 32.2. The molecule has 0 spiro atoms. The molecule has 1 aromatic rings.